The third-order valence-corrected chi connectivity index (χ3v) is 2.09. The van der Waals surface area contributed by atoms with Crippen LogP contribution in [0.1, 0.15) is 6.42 Å². The van der Waals surface area contributed by atoms with E-state index in [1.54, 1.807) is 0 Å². The lowest BCUT2D eigenvalue weighted by atomic mass is 9.89. The molecule has 1 aliphatic heterocycles. The lowest BCUT2D eigenvalue weighted by Gasteiger charge is -2.29. The minimum atomic E-state index is -1.20. The van der Waals surface area contributed by atoms with Crippen LogP contribution in [0, 0.1) is 5.92 Å². The van der Waals surface area contributed by atoms with Gasteiger partial charge in [0, 0.05) is 6.54 Å². The Morgan fingerprint density at radius 1 is 1.23 bits per heavy atom. The second kappa shape index (κ2) is 3.71. The van der Waals surface area contributed by atoms with Gasteiger partial charge < -0.3 is 20.6 Å². The number of nitrogens with one attached hydrogen (secondary N) is 1. The van der Waals surface area contributed by atoms with E-state index in [4.69, 9.17) is 15.3 Å². The lowest BCUT2D eigenvalue weighted by Crippen LogP contribution is -2.54. The molecule has 6 nitrogen and oxygen atoms in total. The van der Waals surface area contributed by atoms with Gasteiger partial charge in [0.2, 0.25) is 0 Å². The van der Waals surface area contributed by atoms with Crippen molar-refractivity contribution < 1.29 is 24.9 Å². The van der Waals surface area contributed by atoms with Crippen molar-refractivity contribution in [2.45, 2.75) is 18.6 Å². The predicted molar refractivity (Wildman–Crippen MR) is 41.2 cm³/mol. The van der Waals surface area contributed by atoms with E-state index in [-0.39, 0.29) is 13.0 Å². The molecule has 0 saturated carbocycles. The number of carboxylic acid groups (broad SMARTS) is 2. The molecule has 1 unspecified atom stereocenters. The predicted octanol–water partition coefficient (Wildman–Crippen LogP) is -1.51. The Kier molecular flexibility index (Phi) is 2.84. The zero-order chi connectivity index (χ0) is 10.0. The molecule has 1 saturated heterocycles. The number of hydrogen-bond donors (Lipinski definition) is 4. The van der Waals surface area contributed by atoms with Crippen LogP contribution in [0.3, 0.4) is 0 Å². The summed E-state index contributed by atoms with van der Waals surface area (Å²) in [6.07, 6.45) is -0.795. The van der Waals surface area contributed by atoms with Crippen LogP contribution < -0.4 is 5.32 Å². The van der Waals surface area contributed by atoms with Crippen molar-refractivity contribution in [3.05, 3.63) is 0 Å². The first-order valence-electron chi connectivity index (χ1n) is 3.89. The molecule has 3 atom stereocenters. The zero-order valence-corrected chi connectivity index (χ0v) is 6.80. The second-order valence-electron chi connectivity index (χ2n) is 3.06. The van der Waals surface area contributed by atoms with Gasteiger partial charge in [-0.2, -0.15) is 0 Å². The maximum atomic E-state index is 10.6. The largest absolute Gasteiger partial charge is 0.481 e. The van der Waals surface area contributed by atoms with Crippen LogP contribution in [-0.2, 0) is 9.59 Å². The average Bonchev–Trinajstić information content (AvgIpc) is 2.03. The van der Waals surface area contributed by atoms with Crippen LogP contribution in [-0.4, -0.2) is 45.9 Å². The number of hydrogen-bond acceptors (Lipinski definition) is 4. The molecule has 0 radical (unpaired) electrons. The van der Waals surface area contributed by atoms with Crippen molar-refractivity contribution in [2.75, 3.05) is 6.54 Å². The number of carboxylic acids is 2. The van der Waals surface area contributed by atoms with Crippen LogP contribution in [0.5, 0.6) is 0 Å². The highest BCUT2D eigenvalue weighted by Gasteiger charge is 2.38. The Balaban J connectivity index is 2.72. The van der Waals surface area contributed by atoms with Crippen molar-refractivity contribution in [1.29, 1.82) is 0 Å². The van der Waals surface area contributed by atoms with Gasteiger partial charge in [0.15, 0.2) is 0 Å². The molecular formula is C7H11NO5. The summed E-state index contributed by atoms with van der Waals surface area (Å²) in [4.78, 5) is 21.2. The molecule has 1 aliphatic rings. The molecule has 13 heavy (non-hydrogen) atoms. The minimum absolute atomic E-state index is 0.0146. The first-order chi connectivity index (χ1) is 6.02. The van der Waals surface area contributed by atoms with E-state index in [2.05, 4.69) is 5.32 Å². The standard InChI is InChI=1S/C7H11NO5/c9-3-1-4(6(10)11)5(7(12)13)8-2-3/h3-5,8-9H,1-2H2,(H,10,11)(H,12,13)/t3?,4-,5-/m0/s1. The number of piperidine rings is 1. The molecule has 0 aromatic carbocycles. The molecule has 0 spiro atoms. The molecule has 0 aliphatic carbocycles. The smallest absolute Gasteiger partial charge is 0.321 e. The molecule has 74 valence electrons. The van der Waals surface area contributed by atoms with E-state index < -0.39 is 30.0 Å². The second-order valence-corrected chi connectivity index (χ2v) is 3.06. The van der Waals surface area contributed by atoms with Crippen molar-refractivity contribution in [2.24, 2.45) is 5.92 Å². The highest BCUT2D eigenvalue weighted by Crippen LogP contribution is 2.17. The fourth-order valence-corrected chi connectivity index (χ4v) is 1.42. The molecule has 0 amide bonds. The van der Waals surface area contributed by atoms with E-state index in [9.17, 15) is 9.59 Å². The third kappa shape index (κ3) is 2.16. The molecular weight excluding hydrogens is 178 g/mol. The molecule has 4 N–H and O–H groups in total. The summed E-state index contributed by atoms with van der Waals surface area (Å²) in [5.41, 5.74) is 0. The molecule has 1 heterocycles. The first-order valence-corrected chi connectivity index (χ1v) is 3.89. The van der Waals surface area contributed by atoms with Crippen LogP contribution >= 0.6 is 0 Å². The first kappa shape index (κ1) is 9.94. The van der Waals surface area contributed by atoms with Gasteiger partial charge >= 0.3 is 11.9 Å². The van der Waals surface area contributed by atoms with Gasteiger partial charge in [-0.3, -0.25) is 9.59 Å². The van der Waals surface area contributed by atoms with E-state index in [0.717, 1.165) is 0 Å². The van der Waals surface area contributed by atoms with Crippen molar-refractivity contribution in [3.63, 3.8) is 0 Å². The Morgan fingerprint density at radius 2 is 1.85 bits per heavy atom. The number of aliphatic hydroxyl groups is 1. The molecule has 1 fully saturated rings. The summed E-state index contributed by atoms with van der Waals surface area (Å²) in [7, 11) is 0. The highest BCUT2D eigenvalue weighted by molar-refractivity contribution is 5.83. The summed E-state index contributed by atoms with van der Waals surface area (Å²) < 4.78 is 0. The van der Waals surface area contributed by atoms with Gasteiger partial charge in [-0.1, -0.05) is 0 Å². The molecule has 0 bridgehead atoms. The monoisotopic (exact) mass is 189 g/mol. The van der Waals surface area contributed by atoms with Gasteiger partial charge in [-0.15, -0.1) is 0 Å². The van der Waals surface area contributed by atoms with E-state index >= 15 is 0 Å². The Bertz CT molecular complexity index is 229. The van der Waals surface area contributed by atoms with E-state index in [1.165, 1.54) is 0 Å². The number of rotatable bonds is 2. The summed E-state index contributed by atoms with van der Waals surface area (Å²) >= 11 is 0. The Labute approximate surface area is 74.2 Å². The average molecular weight is 189 g/mol. The van der Waals surface area contributed by atoms with E-state index in [1.807, 2.05) is 0 Å². The van der Waals surface area contributed by atoms with Gasteiger partial charge in [0.05, 0.1) is 12.0 Å². The number of carbonyl (C=O) groups is 2. The molecule has 0 aromatic heterocycles. The summed E-state index contributed by atoms with van der Waals surface area (Å²) in [5.74, 6) is -3.45. The van der Waals surface area contributed by atoms with Crippen LogP contribution in [0.15, 0.2) is 0 Å². The zero-order valence-electron chi connectivity index (χ0n) is 6.80. The Hall–Kier alpha value is -1.14. The van der Waals surface area contributed by atoms with Crippen LogP contribution in [0.4, 0.5) is 0 Å². The molecule has 6 heteroatoms. The van der Waals surface area contributed by atoms with Gasteiger partial charge in [0.25, 0.3) is 0 Å². The van der Waals surface area contributed by atoms with Gasteiger partial charge in [-0.25, -0.2) is 0 Å². The summed E-state index contributed by atoms with van der Waals surface area (Å²) in [5, 5.41) is 28.9. The molecule has 0 aromatic rings. The lowest BCUT2D eigenvalue weighted by molar-refractivity contribution is -0.154. The third-order valence-electron chi connectivity index (χ3n) is 2.09. The summed E-state index contributed by atoms with van der Waals surface area (Å²) in [6, 6.07) is -1.10. The van der Waals surface area contributed by atoms with Gasteiger partial charge in [0.1, 0.15) is 6.04 Å². The Morgan fingerprint density at radius 3 is 2.31 bits per heavy atom. The highest BCUT2D eigenvalue weighted by atomic mass is 16.4. The maximum absolute atomic E-state index is 10.6. The van der Waals surface area contributed by atoms with Crippen LogP contribution in [0.2, 0.25) is 0 Å². The fourth-order valence-electron chi connectivity index (χ4n) is 1.42. The van der Waals surface area contributed by atoms with Crippen molar-refractivity contribution in [3.8, 4) is 0 Å². The number of aliphatic hydroxyl groups excluding tert-OH is 1. The number of β-amino-alcohol motifs (C(OH)–C–C–N with tert-alkyl or cyclic N) is 1. The number of aliphatic carboxylic acids is 2. The quantitative estimate of drug-likeness (QED) is 0.421. The van der Waals surface area contributed by atoms with Crippen molar-refractivity contribution in [1.82, 2.24) is 5.32 Å². The maximum Gasteiger partial charge on any atom is 0.321 e. The SMILES string of the molecule is O=C(O)[C@H]1CC(O)CN[C@@H]1C(=O)O. The van der Waals surface area contributed by atoms with Gasteiger partial charge in [-0.05, 0) is 6.42 Å². The normalized spacial score (nSPS) is 34.1. The topological polar surface area (TPSA) is 107 Å². The summed E-state index contributed by atoms with van der Waals surface area (Å²) in [6.45, 7) is 0.126. The minimum Gasteiger partial charge on any atom is -0.481 e. The fraction of sp³-hybridized carbons (Fsp3) is 0.714. The van der Waals surface area contributed by atoms with Crippen LogP contribution in [0.25, 0.3) is 0 Å². The van der Waals surface area contributed by atoms with E-state index in [0.29, 0.717) is 0 Å². The molecule has 1 rings (SSSR count). The van der Waals surface area contributed by atoms with Crippen molar-refractivity contribution >= 4 is 11.9 Å².